The molecule has 2 rings (SSSR count). The normalized spacial score (nSPS) is 20.9. The van der Waals surface area contributed by atoms with Gasteiger partial charge in [-0.2, -0.15) is 0 Å². The molecule has 0 aromatic heterocycles. The third kappa shape index (κ3) is 7.13. The summed E-state index contributed by atoms with van der Waals surface area (Å²) in [7, 11) is -1.30. The average molecular weight is 430 g/mol. The van der Waals surface area contributed by atoms with Crippen molar-refractivity contribution in [1.82, 2.24) is 19.8 Å². The summed E-state index contributed by atoms with van der Waals surface area (Å²) < 4.78 is 24.8. The van der Waals surface area contributed by atoms with Crippen LogP contribution in [0.15, 0.2) is 4.99 Å². The van der Waals surface area contributed by atoms with E-state index < -0.39 is 10.0 Å². The van der Waals surface area contributed by atoms with Crippen LogP contribution in [-0.4, -0.2) is 81.6 Å². The summed E-state index contributed by atoms with van der Waals surface area (Å²) in [4.78, 5) is 18.9. The number of guanidine groups is 1. The molecule has 29 heavy (non-hydrogen) atoms. The van der Waals surface area contributed by atoms with Gasteiger partial charge in [0.1, 0.15) is 0 Å². The first-order valence-corrected chi connectivity index (χ1v) is 12.8. The fourth-order valence-electron chi connectivity index (χ4n) is 4.21. The van der Waals surface area contributed by atoms with E-state index in [1.807, 2.05) is 4.90 Å². The maximum Gasteiger partial charge on any atom is 0.225 e. The Hall–Kier alpha value is -1.35. The number of hydrogen-bond donors (Lipinski definition) is 2. The van der Waals surface area contributed by atoms with Gasteiger partial charge in [-0.1, -0.05) is 13.8 Å². The molecule has 0 aliphatic carbocycles. The first-order valence-electron chi connectivity index (χ1n) is 11.0. The highest BCUT2D eigenvalue weighted by molar-refractivity contribution is 7.88. The van der Waals surface area contributed by atoms with Crippen LogP contribution in [0.2, 0.25) is 0 Å². The van der Waals surface area contributed by atoms with Gasteiger partial charge in [0.05, 0.1) is 6.26 Å². The first-order chi connectivity index (χ1) is 13.8. The van der Waals surface area contributed by atoms with Crippen molar-refractivity contribution in [1.29, 1.82) is 0 Å². The number of likely N-dealkylation sites (tertiary alicyclic amines) is 1. The fraction of sp³-hybridized carbons (Fsp3) is 0.900. The van der Waals surface area contributed by atoms with Gasteiger partial charge in [0.25, 0.3) is 0 Å². The molecular formula is C20H39N5O3S. The summed E-state index contributed by atoms with van der Waals surface area (Å²) >= 11 is 0. The van der Waals surface area contributed by atoms with Crippen molar-refractivity contribution in [2.24, 2.45) is 16.8 Å². The van der Waals surface area contributed by atoms with Crippen molar-refractivity contribution in [3.63, 3.8) is 0 Å². The van der Waals surface area contributed by atoms with E-state index in [0.717, 1.165) is 64.1 Å². The Kier molecular flexibility index (Phi) is 9.20. The molecule has 0 unspecified atom stereocenters. The molecular weight excluding hydrogens is 390 g/mol. The number of carbonyl (C=O) groups excluding carboxylic acids is 1. The Morgan fingerprint density at radius 3 is 2.14 bits per heavy atom. The Morgan fingerprint density at radius 1 is 1.07 bits per heavy atom. The lowest BCUT2D eigenvalue weighted by Gasteiger charge is -2.35. The van der Waals surface area contributed by atoms with Gasteiger partial charge in [0.15, 0.2) is 5.96 Å². The average Bonchev–Trinajstić information content (AvgIpc) is 2.72. The van der Waals surface area contributed by atoms with Crippen LogP contribution in [0.4, 0.5) is 0 Å². The Labute approximate surface area is 176 Å². The number of amides is 1. The maximum absolute atomic E-state index is 12.5. The van der Waals surface area contributed by atoms with Crippen molar-refractivity contribution >= 4 is 21.9 Å². The van der Waals surface area contributed by atoms with E-state index in [1.165, 1.54) is 6.26 Å². The van der Waals surface area contributed by atoms with Crippen LogP contribution in [0.1, 0.15) is 52.4 Å². The minimum absolute atomic E-state index is 0.156. The highest BCUT2D eigenvalue weighted by Gasteiger charge is 2.28. The quantitative estimate of drug-likeness (QED) is 0.469. The molecule has 1 amide bonds. The molecule has 2 N–H and O–H groups in total. The van der Waals surface area contributed by atoms with Gasteiger partial charge in [-0.05, 0) is 44.4 Å². The number of aliphatic imine (C=N–C) groups is 1. The van der Waals surface area contributed by atoms with E-state index in [4.69, 9.17) is 0 Å². The SMILES string of the molecule is CCC(CC)C(=O)N1CCC(NC(=NC)NCC2CCN(S(C)(=O)=O)CC2)CC1. The zero-order valence-corrected chi connectivity index (χ0v) is 19.3. The second kappa shape index (κ2) is 11.2. The third-order valence-electron chi connectivity index (χ3n) is 6.31. The van der Waals surface area contributed by atoms with Gasteiger partial charge < -0.3 is 15.5 Å². The van der Waals surface area contributed by atoms with E-state index in [0.29, 0.717) is 31.0 Å². The molecule has 9 heteroatoms. The van der Waals surface area contributed by atoms with Crippen molar-refractivity contribution in [2.45, 2.75) is 58.4 Å². The Balaban J connectivity index is 1.71. The van der Waals surface area contributed by atoms with Gasteiger partial charge in [0.2, 0.25) is 15.9 Å². The minimum atomic E-state index is -3.08. The summed E-state index contributed by atoms with van der Waals surface area (Å²) in [5.41, 5.74) is 0. The van der Waals surface area contributed by atoms with E-state index >= 15 is 0 Å². The van der Waals surface area contributed by atoms with Crippen LogP contribution in [-0.2, 0) is 14.8 Å². The van der Waals surface area contributed by atoms with Crippen molar-refractivity contribution in [3.8, 4) is 0 Å². The predicted octanol–water partition coefficient (Wildman–Crippen LogP) is 1.25. The van der Waals surface area contributed by atoms with Crippen molar-refractivity contribution in [2.75, 3.05) is 46.0 Å². The van der Waals surface area contributed by atoms with Crippen LogP contribution in [0, 0.1) is 11.8 Å². The number of nitrogens with one attached hydrogen (secondary N) is 2. The second-order valence-electron chi connectivity index (χ2n) is 8.32. The monoisotopic (exact) mass is 429 g/mol. The summed E-state index contributed by atoms with van der Waals surface area (Å²) in [6, 6.07) is 0.319. The molecule has 168 valence electrons. The van der Waals surface area contributed by atoms with E-state index in [9.17, 15) is 13.2 Å². The molecule has 0 radical (unpaired) electrons. The third-order valence-corrected chi connectivity index (χ3v) is 7.61. The van der Waals surface area contributed by atoms with Crippen molar-refractivity contribution in [3.05, 3.63) is 0 Å². The predicted molar refractivity (Wildman–Crippen MR) is 117 cm³/mol. The van der Waals surface area contributed by atoms with Gasteiger partial charge in [0, 0.05) is 51.7 Å². The molecule has 2 fully saturated rings. The zero-order chi connectivity index (χ0) is 21.4. The van der Waals surface area contributed by atoms with Crippen LogP contribution in [0.5, 0.6) is 0 Å². The summed E-state index contributed by atoms with van der Waals surface area (Å²) in [5, 5.41) is 6.89. The smallest absolute Gasteiger partial charge is 0.225 e. The number of carbonyl (C=O) groups is 1. The molecule has 2 aliphatic heterocycles. The maximum atomic E-state index is 12.5. The number of sulfonamides is 1. The molecule has 0 atom stereocenters. The summed E-state index contributed by atoms with van der Waals surface area (Å²) in [6.45, 7) is 7.76. The van der Waals surface area contributed by atoms with Crippen LogP contribution >= 0.6 is 0 Å². The molecule has 0 aromatic carbocycles. The number of hydrogen-bond acceptors (Lipinski definition) is 4. The van der Waals surface area contributed by atoms with Crippen molar-refractivity contribution < 1.29 is 13.2 Å². The lowest BCUT2D eigenvalue weighted by Crippen LogP contribution is -2.51. The standard InChI is InChI=1S/C20H39N5O3S/c1-5-17(6-2)19(26)24-11-9-18(10-12-24)23-20(21-3)22-15-16-7-13-25(14-8-16)29(4,27)28/h16-18H,5-15H2,1-4H3,(H2,21,22,23). The van der Waals surface area contributed by atoms with E-state index in [2.05, 4.69) is 29.5 Å². The van der Waals surface area contributed by atoms with Gasteiger partial charge in [-0.3, -0.25) is 9.79 Å². The van der Waals surface area contributed by atoms with E-state index in [1.54, 1.807) is 11.4 Å². The molecule has 0 aromatic rings. The molecule has 0 bridgehead atoms. The van der Waals surface area contributed by atoms with Crippen LogP contribution in [0.25, 0.3) is 0 Å². The molecule has 0 saturated carbocycles. The first kappa shape index (κ1) is 23.9. The summed E-state index contributed by atoms with van der Waals surface area (Å²) in [5.74, 6) is 1.70. The Bertz CT molecular complexity index is 647. The fourth-order valence-corrected chi connectivity index (χ4v) is 5.09. The van der Waals surface area contributed by atoms with Gasteiger partial charge >= 0.3 is 0 Å². The number of piperidine rings is 2. The lowest BCUT2D eigenvalue weighted by atomic mass is 9.98. The molecule has 8 nitrogen and oxygen atoms in total. The lowest BCUT2D eigenvalue weighted by molar-refractivity contribution is -0.136. The number of nitrogens with zero attached hydrogens (tertiary/aromatic N) is 3. The Morgan fingerprint density at radius 2 is 1.66 bits per heavy atom. The second-order valence-corrected chi connectivity index (χ2v) is 10.3. The molecule has 2 aliphatic rings. The zero-order valence-electron chi connectivity index (χ0n) is 18.5. The topological polar surface area (TPSA) is 94.1 Å². The minimum Gasteiger partial charge on any atom is -0.356 e. The highest BCUT2D eigenvalue weighted by Crippen LogP contribution is 2.19. The highest BCUT2D eigenvalue weighted by atomic mass is 32.2. The molecule has 2 heterocycles. The molecule has 0 spiro atoms. The van der Waals surface area contributed by atoms with Gasteiger partial charge in [-0.15, -0.1) is 0 Å². The van der Waals surface area contributed by atoms with Gasteiger partial charge in [-0.25, -0.2) is 12.7 Å². The summed E-state index contributed by atoms with van der Waals surface area (Å²) in [6.07, 6.45) is 6.70. The largest absolute Gasteiger partial charge is 0.356 e. The molecule has 2 saturated heterocycles. The van der Waals surface area contributed by atoms with Crippen LogP contribution < -0.4 is 10.6 Å². The van der Waals surface area contributed by atoms with E-state index in [-0.39, 0.29) is 5.92 Å². The van der Waals surface area contributed by atoms with Crippen LogP contribution in [0.3, 0.4) is 0 Å². The number of rotatable bonds is 7.